The molecule has 0 aromatic carbocycles. The van der Waals surface area contributed by atoms with Gasteiger partial charge in [0.25, 0.3) is 5.91 Å². The monoisotopic (exact) mass is 293 g/mol. The number of hydrogen-bond donors (Lipinski definition) is 1. The van der Waals surface area contributed by atoms with Crippen LogP contribution < -0.4 is 5.32 Å². The molecular formula is C15H23N3O3. The first kappa shape index (κ1) is 15.5. The van der Waals surface area contributed by atoms with Crippen LogP contribution >= 0.6 is 0 Å². The van der Waals surface area contributed by atoms with E-state index in [2.05, 4.69) is 10.3 Å². The zero-order chi connectivity index (χ0) is 15.6. The van der Waals surface area contributed by atoms with Crippen molar-refractivity contribution in [2.45, 2.75) is 59.2 Å². The molecule has 0 saturated heterocycles. The molecule has 0 aliphatic heterocycles. The van der Waals surface area contributed by atoms with Crippen LogP contribution in [-0.4, -0.2) is 33.8 Å². The summed E-state index contributed by atoms with van der Waals surface area (Å²) in [5.41, 5.74) is 0.251. The number of rotatable bonds is 6. The molecule has 0 spiro atoms. The van der Waals surface area contributed by atoms with Gasteiger partial charge in [-0.2, -0.15) is 0 Å². The van der Waals surface area contributed by atoms with Crippen molar-refractivity contribution in [2.75, 3.05) is 0 Å². The molecule has 6 heteroatoms. The molecule has 2 amide bonds. The molecular weight excluding hydrogens is 270 g/mol. The standard InChI is InChI=1S/C15H23N3O3/c1-9(2)16-14(19)12-8-21-13(17-12)7-18(10(3)4)15(20)11-5-6-11/h8-11H,5-7H2,1-4H3,(H,16,19). The second-order valence-corrected chi connectivity index (χ2v) is 6.09. The van der Waals surface area contributed by atoms with E-state index in [1.165, 1.54) is 6.26 Å². The van der Waals surface area contributed by atoms with Gasteiger partial charge < -0.3 is 14.6 Å². The molecule has 0 unspecified atom stereocenters. The first-order valence-electron chi connectivity index (χ1n) is 7.44. The van der Waals surface area contributed by atoms with Crippen LogP contribution in [0.5, 0.6) is 0 Å². The number of hydrogen-bond acceptors (Lipinski definition) is 4. The van der Waals surface area contributed by atoms with E-state index in [0.29, 0.717) is 12.4 Å². The van der Waals surface area contributed by atoms with E-state index in [0.717, 1.165) is 12.8 Å². The predicted molar refractivity (Wildman–Crippen MR) is 77.5 cm³/mol. The molecule has 6 nitrogen and oxygen atoms in total. The summed E-state index contributed by atoms with van der Waals surface area (Å²) in [6, 6.07) is 0.124. The summed E-state index contributed by atoms with van der Waals surface area (Å²) < 4.78 is 5.33. The number of aromatic nitrogens is 1. The highest BCUT2D eigenvalue weighted by molar-refractivity contribution is 5.92. The van der Waals surface area contributed by atoms with Crippen LogP contribution in [0.25, 0.3) is 0 Å². The minimum atomic E-state index is -0.260. The van der Waals surface area contributed by atoms with E-state index in [1.54, 1.807) is 4.90 Å². The number of carbonyl (C=O) groups is 2. The quantitative estimate of drug-likeness (QED) is 0.870. The van der Waals surface area contributed by atoms with Crippen molar-refractivity contribution in [2.24, 2.45) is 5.92 Å². The highest BCUT2D eigenvalue weighted by atomic mass is 16.3. The van der Waals surface area contributed by atoms with Crippen molar-refractivity contribution in [3.8, 4) is 0 Å². The number of amides is 2. The summed E-state index contributed by atoms with van der Waals surface area (Å²) in [7, 11) is 0. The fourth-order valence-electron chi connectivity index (χ4n) is 2.05. The van der Waals surface area contributed by atoms with Gasteiger partial charge >= 0.3 is 0 Å². The lowest BCUT2D eigenvalue weighted by Crippen LogP contribution is -2.37. The van der Waals surface area contributed by atoms with Crippen molar-refractivity contribution >= 4 is 11.8 Å². The molecule has 1 aliphatic rings. The Hall–Kier alpha value is -1.85. The van der Waals surface area contributed by atoms with Gasteiger partial charge in [-0.3, -0.25) is 9.59 Å². The number of carbonyl (C=O) groups excluding carboxylic acids is 2. The smallest absolute Gasteiger partial charge is 0.273 e. The Balaban J connectivity index is 2.02. The van der Waals surface area contributed by atoms with Crippen LogP contribution in [0.2, 0.25) is 0 Å². The molecule has 1 aliphatic carbocycles. The zero-order valence-electron chi connectivity index (χ0n) is 13.0. The third kappa shape index (κ3) is 4.06. The van der Waals surface area contributed by atoms with E-state index < -0.39 is 0 Å². The van der Waals surface area contributed by atoms with E-state index in [1.807, 2.05) is 27.7 Å². The minimum absolute atomic E-state index is 0.0428. The van der Waals surface area contributed by atoms with Crippen LogP contribution in [-0.2, 0) is 11.3 Å². The number of nitrogens with one attached hydrogen (secondary N) is 1. The lowest BCUT2D eigenvalue weighted by Gasteiger charge is -2.25. The van der Waals surface area contributed by atoms with Gasteiger partial charge in [-0.1, -0.05) is 0 Å². The first-order valence-corrected chi connectivity index (χ1v) is 7.44. The maximum absolute atomic E-state index is 12.2. The van der Waals surface area contributed by atoms with Gasteiger partial charge in [-0.15, -0.1) is 0 Å². The second kappa shape index (κ2) is 6.28. The SMILES string of the molecule is CC(C)NC(=O)c1coc(CN(C(=O)C2CC2)C(C)C)n1. The van der Waals surface area contributed by atoms with E-state index in [9.17, 15) is 9.59 Å². The molecule has 1 aromatic rings. The van der Waals surface area contributed by atoms with Gasteiger partial charge in [0, 0.05) is 18.0 Å². The molecule has 116 valence electrons. The number of oxazole rings is 1. The number of nitrogens with zero attached hydrogens (tertiary/aromatic N) is 2. The van der Waals surface area contributed by atoms with E-state index >= 15 is 0 Å². The molecule has 1 heterocycles. The van der Waals surface area contributed by atoms with Crippen LogP contribution in [0.15, 0.2) is 10.7 Å². The van der Waals surface area contributed by atoms with Crippen molar-refractivity contribution in [3.05, 3.63) is 17.8 Å². The average Bonchev–Trinajstić information content (AvgIpc) is 3.13. The Morgan fingerprint density at radius 1 is 1.38 bits per heavy atom. The molecule has 1 N–H and O–H groups in total. The molecule has 21 heavy (non-hydrogen) atoms. The van der Waals surface area contributed by atoms with Crippen LogP contribution in [0.3, 0.4) is 0 Å². The molecule has 0 bridgehead atoms. The second-order valence-electron chi connectivity index (χ2n) is 6.09. The van der Waals surface area contributed by atoms with Crippen LogP contribution in [0.4, 0.5) is 0 Å². The Morgan fingerprint density at radius 2 is 2.05 bits per heavy atom. The molecule has 1 fully saturated rings. The first-order chi connectivity index (χ1) is 9.88. The molecule has 1 aromatic heterocycles. The molecule has 0 radical (unpaired) electrons. The minimum Gasteiger partial charge on any atom is -0.446 e. The molecule has 0 atom stereocenters. The fraction of sp³-hybridized carbons (Fsp3) is 0.667. The van der Waals surface area contributed by atoms with E-state index in [4.69, 9.17) is 4.42 Å². The summed E-state index contributed by atoms with van der Waals surface area (Å²) in [6.07, 6.45) is 3.28. The van der Waals surface area contributed by atoms with Gasteiger partial charge in [-0.05, 0) is 40.5 Å². The predicted octanol–water partition coefficient (Wildman–Crippen LogP) is 1.96. The molecule has 2 rings (SSSR count). The summed E-state index contributed by atoms with van der Waals surface area (Å²) in [5, 5.41) is 2.76. The maximum Gasteiger partial charge on any atom is 0.273 e. The summed E-state index contributed by atoms with van der Waals surface area (Å²) >= 11 is 0. The zero-order valence-corrected chi connectivity index (χ0v) is 13.0. The maximum atomic E-state index is 12.2. The third-order valence-electron chi connectivity index (χ3n) is 3.34. The summed E-state index contributed by atoms with van der Waals surface area (Å²) in [4.78, 5) is 30.0. The highest BCUT2D eigenvalue weighted by Gasteiger charge is 2.35. The Bertz CT molecular complexity index is 518. The Morgan fingerprint density at radius 3 is 2.57 bits per heavy atom. The normalized spacial score (nSPS) is 14.6. The van der Waals surface area contributed by atoms with Gasteiger partial charge in [0.1, 0.15) is 6.26 Å². The third-order valence-corrected chi connectivity index (χ3v) is 3.34. The van der Waals surface area contributed by atoms with Gasteiger partial charge in [0.05, 0.1) is 6.54 Å². The summed E-state index contributed by atoms with van der Waals surface area (Å²) in [5.74, 6) is 0.443. The largest absolute Gasteiger partial charge is 0.446 e. The molecule has 1 saturated carbocycles. The van der Waals surface area contributed by atoms with Crippen molar-refractivity contribution in [3.63, 3.8) is 0 Å². The highest BCUT2D eigenvalue weighted by Crippen LogP contribution is 2.32. The van der Waals surface area contributed by atoms with E-state index in [-0.39, 0.29) is 35.5 Å². The Labute approximate surface area is 124 Å². The fourth-order valence-corrected chi connectivity index (χ4v) is 2.05. The van der Waals surface area contributed by atoms with Crippen molar-refractivity contribution in [1.29, 1.82) is 0 Å². The lowest BCUT2D eigenvalue weighted by molar-refractivity contribution is -0.135. The van der Waals surface area contributed by atoms with Crippen molar-refractivity contribution < 1.29 is 14.0 Å². The van der Waals surface area contributed by atoms with Gasteiger partial charge in [-0.25, -0.2) is 4.98 Å². The lowest BCUT2D eigenvalue weighted by atomic mass is 10.2. The Kier molecular flexibility index (Phi) is 4.65. The van der Waals surface area contributed by atoms with Gasteiger partial charge in [0.2, 0.25) is 11.8 Å². The van der Waals surface area contributed by atoms with Crippen LogP contribution in [0, 0.1) is 5.92 Å². The average molecular weight is 293 g/mol. The van der Waals surface area contributed by atoms with Crippen LogP contribution in [0.1, 0.15) is 56.9 Å². The van der Waals surface area contributed by atoms with Gasteiger partial charge in [0.15, 0.2) is 5.69 Å². The topological polar surface area (TPSA) is 75.4 Å². The van der Waals surface area contributed by atoms with Crippen molar-refractivity contribution in [1.82, 2.24) is 15.2 Å². The summed E-state index contributed by atoms with van der Waals surface area (Å²) in [6.45, 7) is 8.01.